The van der Waals surface area contributed by atoms with Gasteiger partial charge in [-0.05, 0) is 46.7 Å². The minimum absolute atomic E-state index is 0.104. The van der Waals surface area contributed by atoms with Crippen molar-refractivity contribution < 1.29 is 9.90 Å². The molecule has 19 heavy (non-hydrogen) atoms. The highest BCUT2D eigenvalue weighted by Crippen LogP contribution is 2.07. The maximum atomic E-state index is 11.9. The molecule has 1 aromatic heterocycles. The zero-order valence-electron chi connectivity index (χ0n) is 10.2. The van der Waals surface area contributed by atoms with Crippen molar-refractivity contribution in [3.8, 4) is 11.8 Å². The van der Waals surface area contributed by atoms with Gasteiger partial charge in [-0.1, -0.05) is 11.8 Å². The first-order valence-corrected chi connectivity index (χ1v) is 6.73. The molecule has 0 saturated carbocycles. The maximum Gasteiger partial charge on any atom is 0.251 e. The Morgan fingerprint density at radius 1 is 1.26 bits per heavy atom. The van der Waals surface area contributed by atoms with Crippen molar-refractivity contribution in [1.29, 1.82) is 0 Å². The van der Waals surface area contributed by atoms with Crippen LogP contribution in [0.5, 0.6) is 0 Å². The number of hydrogen-bond acceptors (Lipinski definition) is 3. The van der Waals surface area contributed by atoms with Gasteiger partial charge < -0.3 is 10.4 Å². The Balaban J connectivity index is 1.95. The van der Waals surface area contributed by atoms with E-state index in [0.29, 0.717) is 12.1 Å². The lowest BCUT2D eigenvalue weighted by Gasteiger charge is -2.03. The molecule has 0 radical (unpaired) electrons. The molecular formula is C15H13NO2S. The molecule has 0 atom stereocenters. The summed E-state index contributed by atoms with van der Waals surface area (Å²) in [7, 11) is 0. The Hall–Kier alpha value is -2.09. The van der Waals surface area contributed by atoms with Crippen molar-refractivity contribution >= 4 is 17.2 Å². The van der Waals surface area contributed by atoms with Gasteiger partial charge in [0.15, 0.2) is 0 Å². The van der Waals surface area contributed by atoms with Gasteiger partial charge >= 0.3 is 0 Å². The van der Waals surface area contributed by atoms with Gasteiger partial charge in [0.1, 0.15) is 6.61 Å². The zero-order valence-corrected chi connectivity index (χ0v) is 11.0. The molecule has 2 N–H and O–H groups in total. The third-order valence-electron chi connectivity index (χ3n) is 2.49. The van der Waals surface area contributed by atoms with Crippen LogP contribution < -0.4 is 5.32 Å². The molecule has 0 fully saturated rings. The average molecular weight is 271 g/mol. The van der Waals surface area contributed by atoms with Gasteiger partial charge in [0.2, 0.25) is 0 Å². The van der Waals surface area contributed by atoms with Crippen LogP contribution in [-0.2, 0) is 6.54 Å². The number of rotatable bonds is 3. The van der Waals surface area contributed by atoms with Crippen molar-refractivity contribution in [2.45, 2.75) is 6.54 Å². The zero-order chi connectivity index (χ0) is 13.5. The molecule has 0 spiro atoms. The number of benzene rings is 1. The monoisotopic (exact) mass is 271 g/mol. The van der Waals surface area contributed by atoms with Crippen LogP contribution in [0, 0.1) is 11.8 Å². The van der Waals surface area contributed by atoms with Gasteiger partial charge in [-0.25, -0.2) is 0 Å². The van der Waals surface area contributed by atoms with E-state index in [-0.39, 0.29) is 12.5 Å². The van der Waals surface area contributed by atoms with E-state index in [4.69, 9.17) is 5.11 Å². The van der Waals surface area contributed by atoms with E-state index in [1.165, 1.54) is 0 Å². The molecule has 1 aromatic carbocycles. The summed E-state index contributed by atoms with van der Waals surface area (Å²) in [6.45, 7) is 0.372. The average Bonchev–Trinajstić information content (AvgIpc) is 2.96. The van der Waals surface area contributed by atoms with Crippen LogP contribution in [0.1, 0.15) is 21.5 Å². The van der Waals surface area contributed by atoms with Crippen LogP contribution in [0.4, 0.5) is 0 Å². The van der Waals surface area contributed by atoms with Crippen molar-refractivity contribution in [2.75, 3.05) is 6.61 Å². The first-order chi connectivity index (χ1) is 9.29. The molecule has 0 aliphatic rings. The van der Waals surface area contributed by atoms with Crippen LogP contribution in [0.25, 0.3) is 0 Å². The van der Waals surface area contributed by atoms with Gasteiger partial charge in [0.05, 0.1) is 0 Å². The Morgan fingerprint density at radius 2 is 2.05 bits per heavy atom. The van der Waals surface area contributed by atoms with Gasteiger partial charge in [0.25, 0.3) is 5.91 Å². The highest BCUT2D eigenvalue weighted by atomic mass is 32.1. The maximum absolute atomic E-state index is 11.9. The standard InChI is InChI=1S/C15H13NO2S/c17-8-1-2-12-3-5-14(6-4-12)15(18)16-10-13-7-9-19-11-13/h3-7,9,11,17H,8,10H2,(H,16,18). The van der Waals surface area contributed by atoms with Gasteiger partial charge in [0, 0.05) is 17.7 Å². The molecule has 0 saturated heterocycles. The molecule has 4 heteroatoms. The molecule has 0 aliphatic heterocycles. The lowest BCUT2D eigenvalue weighted by Crippen LogP contribution is -2.22. The number of aliphatic hydroxyl groups excluding tert-OH is 1. The van der Waals surface area contributed by atoms with Gasteiger partial charge in [-0.3, -0.25) is 4.79 Å². The van der Waals surface area contributed by atoms with E-state index in [9.17, 15) is 4.79 Å². The second-order valence-electron chi connectivity index (χ2n) is 3.85. The van der Waals surface area contributed by atoms with Crippen molar-refractivity contribution in [3.63, 3.8) is 0 Å². The van der Waals surface area contributed by atoms with Crippen molar-refractivity contribution in [2.24, 2.45) is 0 Å². The summed E-state index contributed by atoms with van der Waals surface area (Å²) in [4.78, 5) is 11.9. The second-order valence-corrected chi connectivity index (χ2v) is 4.63. The van der Waals surface area contributed by atoms with E-state index in [1.54, 1.807) is 35.6 Å². The number of aliphatic hydroxyl groups is 1. The lowest BCUT2D eigenvalue weighted by atomic mass is 10.1. The van der Waals surface area contributed by atoms with Gasteiger partial charge in [-0.2, -0.15) is 11.3 Å². The topological polar surface area (TPSA) is 49.3 Å². The van der Waals surface area contributed by atoms with Crippen LogP contribution in [0.3, 0.4) is 0 Å². The smallest absolute Gasteiger partial charge is 0.251 e. The summed E-state index contributed by atoms with van der Waals surface area (Å²) in [6.07, 6.45) is 0. The lowest BCUT2D eigenvalue weighted by molar-refractivity contribution is 0.0951. The summed E-state index contributed by atoms with van der Waals surface area (Å²) in [5.41, 5.74) is 2.48. The molecule has 2 rings (SSSR count). The summed E-state index contributed by atoms with van der Waals surface area (Å²) in [5.74, 6) is 5.24. The number of nitrogens with one attached hydrogen (secondary N) is 1. The van der Waals surface area contributed by atoms with Crippen LogP contribution >= 0.6 is 11.3 Å². The minimum Gasteiger partial charge on any atom is -0.384 e. The predicted molar refractivity (Wildman–Crippen MR) is 75.9 cm³/mol. The SMILES string of the molecule is O=C(NCc1ccsc1)c1ccc(C#CCO)cc1. The Labute approximate surface area is 115 Å². The first-order valence-electron chi connectivity index (χ1n) is 5.78. The predicted octanol–water partition coefficient (Wildman–Crippen LogP) is 2.02. The van der Waals surface area contributed by atoms with E-state index in [1.807, 2.05) is 16.8 Å². The van der Waals surface area contributed by atoms with Gasteiger partial charge in [-0.15, -0.1) is 0 Å². The minimum atomic E-state index is -0.164. The second kappa shape index (κ2) is 6.74. The summed E-state index contributed by atoms with van der Waals surface area (Å²) >= 11 is 1.61. The highest BCUT2D eigenvalue weighted by Gasteiger charge is 2.04. The Bertz CT molecular complexity index is 591. The number of thiophene rings is 1. The molecular weight excluding hydrogens is 258 g/mol. The quantitative estimate of drug-likeness (QED) is 0.839. The molecule has 0 unspecified atom stereocenters. The third kappa shape index (κ3) is 3.95. The summed E-state index contributed by atoms with van der Waals surface area (Å²) in [6, 6.07) is 8.97. The number of carbonyl (C=O) groups excluding carboxylic acids is 1. The molecule has 0 aliphatic carbocycles. The van der Waals surface area contributed by atoms with Crippen LogP contribution in [-0.4, -0.2) is 17.6 Å². The van der Waals surface area contributed by atoms with E-state index >= 15 is 0 Å². The number of amides is 1. The number of carbonyl (C=O) groups is 1. The van der Waals surface area contributed by atoms with Crippen molar-refractivity contribution in [3.05, 3.63) is 57.8 Å². The molecule has 1 heterocycles. The fourth-order valence-corrected chi connectivity index (χ4v) is 2.19. The largest absolute Gasteiger partial charge is 0.384 e. The van der Waals surface area contributed by atoms with E-state index in [0.717, 1.165) is 11.1 Å². The highest BCUT2D eigenvalue weighted by molar-refractivity contribution is 7.07. The van der Waals surface area contributed by atoms with Crippen LogP contribution in [0.2, 0.25) is 0 Å². The van der Waals surface area contributed by atoms with E-state index < -0.39 is 0 Å². The Morgan fingerprint density at radius 3 is 2.68 bits per heavy atom. The molecule has 0 bridgehead atoms. The van der Waals surface area contributed by atoms with E-state index in [2.05, 4.69) is 17.2 Å². The van der Waals surface area contributed by atoms with Crippen LogP contribution in [0.15, 0.2) is 41.1 Å². The molecule has 96 valence electrons. The normalized spacial score (nSPS) is 9.53. The molecule has 1 amide bonds. The summed E-state index contributed by atoms with van der Waals surface area (Å²) < 4.78 is 0. The molecule has 2 aromatic rings. The third-order valence-corrected chi connectivity index (χ3v) is 3.22. The molecule has 3 nitrogen and oxygen atoms in total. The Kier molecular flexibility index (Phi) is 4.73. The summed E-state index contributed by atoms with van der Waals surface area (Å²) in [5, 5.41) is 15.4. The number of hydrogen-bond donors (Lipinski definition) is 2. The van der Waals surface area contributed by atoms with Crippen molar-refractivity contribution in [1.82, 2.24) is 5.32 Å². The fraction of sp³-hybridized carbons (Fsp3) is 0.133. The fourth-order valence-electron chi connectivity index (χ4n) is 1.52. The first kappa shape index (κ1) is 13.3.